The average Bonchev–Trinajstić information content (AvgIpc) is 2.68. The van der Waals surface area contributed by atoms with E-state index in [1.54, 1.807) is 17.5 Å². The highest BCUT2D eigenvalue weighted by atomic mass is 79.9. The van der Waals surface area contributed by atoms with Gasteiger partial charge in [0, 0.05) is 22.3 Å². The molecule has 0 amide bonds. The first-order valence-electron chi connectivity index (χ1n) is 5.19. The second kappa shape index (κ2) is 4.23. The highest BCUT2D eigenvalue weighted by Gasteiger charge is 2.21. The molecule has 0 unspecified atom stereocenters. The lowest BCUT2D eigenvalue weighted by molar-refractivity contribution is 0.711. The normalized spacial score (nSPS) is 14.8. The zero-order valence-electron chi connectivity index (χ0n) is 8.93. The number of thiazole rings is 1. The molecule has 5 nitrogen and oxygen atoms in total. The fourth-order valence-electron chi connectivity index (χ4n) is 1.90. The Morgan fingerprint density at radius 2 is 2.35 bits per heavy atom. The van der Waals surface area contributed by atoms with Gasteiger partial charge in [-0.15, -0.1) is 16.4 Å². The minimum Gasteiger partial charge on any atom is -0.375 e. The van der Waals surface area contributed by atoms with Gasteiger partial charge in [-0.25, -0.2) is 4.98 Å². The predicted molar refractivity (Wildman–Crippen MR) is 71.0 cm³/mol. The number of hydrogen-bond acceptors (Lipinski definition) is 6. The smallest absolute Gasteiger partial charge is 0.180 e. The summed E-state index contributed by atoms with van der Waals surface area (Å²) in [4.78, 5) is 7.75. The fourth-order valence-corrected chi connectivity index (χ4v) is 3.09. The first-order valence-corrected chi connectivity index (χ1v) is 6.80. The van der Waals surface area contributed by atoms with Crippen LogP contribution in [-0.4, -0.2) is 21.7 Å². The Hall–Kier alpha value is -1.21. The molecule has 0 atom stereocenters. The van der Waals surface area contributed by atoms with E-state index in [0.717, 1.165) is 35.5 Å². The molecule has 2 N–H and O–H groups in total. The Kier molecular flexibility index (Phi) is 2.71. The molecule has 2 aromatic rings. The Balaban J connectivity index is 1.88. The summed E-state index contributed by atoms with van der Waals surface area (Å²) in [6.07, 6.45) is 2.60. The van der Waals surface area contributed by atoms with Crippen LogP contribution in [-0.2, 0) is 13.0 Å². The van der Waals surface area contributed by atoms with Crippen molar-refractivity contribution in [1.29, 1.82) is 0 Å². The lowest BCUT2D eigenvalue weighted by atomic mass is 10.2. The summed E-state index contributed by atoms with van der Waals surface area (Å²) in [6, 6.07) is 1.97. The van der Waals surface area contributed by atoms with Gasteiger partial charge in [-0.2, -0.15) is 5.10 Å². The monoisotopic (exact) mass is 311 g/mol. The fraction of sp³-hybridized carbons (Fsp3) is 0.300. The summed E-state index contributed by atoms with van der Waals surface area (Å²) in [5.74, 6) is 0.886. The molecule has 0 bridgehead atoms. The molecular weight excluding hydrogens is 302 g/mol. The molecule has 0 saturated heterocycles. The van der Waals surface area contributed by atoms with Crippen molar-refractivity contribution in [2.45, 2.75) is 13.0 Å². The summed E-state index contributed by atoms with van der Waals surface area (Å²) in [5.41, 5.74) is 6.85. The highest BCUT2D eigenvalue weighted by molar-refractivity contribution is 9.10. The van der Waals surface area contributed by atoms with Crippen LogP contribution in [0.25, 0.3) is 0 Å². The molecular formula is C10H10BrN5S. The quantitative estimate of drug-likeness (QED) is 0.870. The highest BCUT2D eigenvalue weighted by Crippen LogP contribution is 2.29. The van der Waals surface area contributed by atoms with E-state index in [-0.39, 0.29) is 0 Å². The molecule has 1 aliphatic rings. The van der Waals surface area contributed by atoms with Crippen LogP contribution in [0.2, 0.25) is 0 Å². The van der Waals surface area contributed by atoms with Crippen LogP contribution >= 0.6 is 27.3 Å². The number of aromatic nitrogens is 3. The Morgan fingerprint density at radius 3 is 3.18 bits per heavy atom. The molecule has 1 aliphatic heterocycles. The number of hydrogen-bond donors (Lipinski definition) is 1. The molecule has 0 aliphatic carbocycles. The van der Waals surface area contributed by atoms with Crippen molar-refractivity contribution in [3.05, 3.63) is 27.3 Å². The third-order valence-electron chi connectivity index (χ3n) is 2.68. The molecule has 0 aromatic carbocycles. The van der Waals surface area contributed by atoms with E-state index in [4.69, 9.17) is 5.73 Å². The average molecular weight is 312 g/mol. The van der Waals surface area contributed by atoms with Gasteiger partial charge in [0.1, 0.15) is 0 Å². The zero-order chi connectivity index (χ0) is 11.8. The number of halogens is 1. The molecule has 88 valence electrons. The topological polar surface area (TPSA) is 67.9 Å². The van der Waals surface area contributed by atoms with Crippen LogP contribution in [0.15, 0.2) is 16.7 Å². The lowest BCUT2D eigenvalue weighted by Gasteiger charge is -2.26. The Bertz CT molecular complexity index is 555. The summed E-state index contributed by atoms with van der Waals surface area (Å²) < 4.78 is 0.942. The maximum Gasteiger partial charge on any atom is 0.180 e. The Labute approximate surface area is 111 Å². The molecule has 17 heavy (non-hydrogen) atoms. The summed E-state index contributed by atoms with van der Waals surface area (Å²) in [6.45, 7) is 1.72. The van der Waals surface area contributed by atoms with Crippen LogP contribution in [0.4, 0.5) is 10.9 Å². The van der Waals surface area contributed by atoms with Gasteiger partial charge in [0.05, 0.1) is 18.4 Å². The number of nitrogens with zero attached hydrogens (tertiary/aromatic N) is 4. The third-order valence-corrected chi connectivity index (χ3v) is 4.03. The number of rotatable bonds is 1. The van der Waals surface area contributed by atoms with Crippen LogP contribution in [0.5, 0.6) is 0 Å². The van der Waals surface area contributed by atoms with E-state index < -0.39 is 0 Å². The summed E-state index contributed by atoms with van der Waals surface area (Å²) in [7, 11) is 0. The van der Waals surface area contributed by atoms with Crippen molar-refractivity contribution in [3.63, 3.8) is 0 Å². The van der Waals surface area contributed by atoms with E-state index >= 15 is 0 Å². The van der Waals surface area contributed by atoms with Gasteiger partial charge in [-0.1, -0.05) is 0 Å². The number of nitrogen functional groups attached to an aromatic ring is 1. The SMILES string of the molecule is Nc1nc2c(s1)CN(c1cc(Br)cnn1)CC2. The van der Waals surface area contributed by atoms with Crippen LogP contribution in [0.3, 0.4) is 0 Å². The van der Waals surface area contributed by atoms with Crippen molar-refractivity contribution >= 4 is 38.2 Å². The number of nitrogens with two attached hydrogens (primary N) is 1. The summed E-state index contributed by atoms with van der Waals surface area (Å²) >= 11 is 4.96. The molecule has 0 saturated carbocycles. The van der Waals surface area contributed by atoms with E-state index in [2.05, 4.69) is 36.0 Å². The second-order valence-corrected chi connectivity index (χ2v) is 5.86. The van der Waals surface area contributed by atoms with Gasteiger partial charge in [-0.3, -0.25) is 0 Å². The van der Waals surface area contributed by atoms with Gasteiger partial charge in [0.2, 0.25) is 0 Å². The second-order valence-electron chi connectivity index (χ2n) is 3.83. The molecule has 0 radical (unpaired) electrons. The molecule has 3 rings (SSSR count). The minimum absolute atomic E-state index is 0.650. The molecule has 0 fully saturated rings. The van der Waals surface area contributed by atoms with Crippen LogP contribution in [0, 0.1) is 0 Å². The van der Waals surface area contributed by atoms with Crippen molar-refractivity contribution in [3.8, 4) is 0 Å². The van der Waals surface area contributed by atoms with E-state index in [1.165, 1.54) is 4.88 Å². The first kappa shape index (κ1) is 10.9. The molecule has 0 spiro atoms. The van der Waals surface area contributed by atoms with Gasteiger partial charge in [-0.05, 0) is 22.0 Å². The summed E-state index contributed by atoms with van der Waals surface area (Å²) in [5, 5.41) is 8.74. The molecule has 7 heteroatoms. The maximum atomic E-state index is 5.72. The minimum atomic E-state index is 0.650. The van der Waals surface area contributed by atoms with Gasteiger partial charge < -0.3 is 10.6 Å². The zero-order valence-corrected chi connectivity index (χ0v) is 11.3. The number of fused-ring (bicyclic) bond motifs is 1. The van der Waals surface area contributed by atoms with Crippen molar-refractivity contribution in [2.24, 2.45) is 0 Å². The predicted octanol–water partition coefficient (Wildman–Crippen LogP) is 1.84. The number of anilines is 2. The standard InChI is InChI=1S/C10H10BrN5S/c11-6-3-9(15-13-4-6)16-2-1-7-8(5-16)17-10(12)14-7/h3-4H,1-2,5H2,(H2,12,14). The van der Waals surface area contributed by atoms with Gasteiger partial charge in [0.25, 0.3) is 0 Å². The van der Waals surface area contributed by atoms with E-state index in [9.17, 15) is 0 Å². The van der Waals surface area contributed by atoms with Gasteiger partial charge in [0.15, 0.2) is 10.9 Å². The Morgan fingerprint density at radius 1 is 1.47 bits per heavy atom. The third kappa shape index (κ3) is 2.12. The first-order chi connectivity index (χ1) is 8.22. The lowest BCUT2D eigenvalue weighted by Crippen LogP contribution is -2.30. The van der Waals surface area contributed by atoms with E-state index in [0.29, 0.717) is 5.13 Å². The maximum absolute atomic E-state index is 5.72. The largest absolute Gasteiger partial charge is 0.375 e. The molecule has 2 aromatic heterocycles. The van der Waals surface area contributed by atoms with Crippen molar-refractivity contribution in [2.75, 3.05) is 17.2 Å². The van der Waals surface area contributed by atoms with E-state index in [1.807, 2.05) is 6.07 Å². The van der Waals surface area contributed by atoms with Crippen molar-refractivity contribution in [1.82, 2.24) is 15.2 Å². The van der Waals surface area contributed by atoms with Crippen LogP contribution in [0.1, 0.15) is 10.6 Å². The van der Waals surface area contributed by atoms with Gasteiger partial charge >= 0.3 is 0 Å². The van der Waals surface area contributed by atoms with Crippen LogP contribution < -0.4 is 10.6 Å². The van der Waals surface area contributed by atoms with Crippen molar-refractivity contribution < 1.29 is 0 Å². The molecule has 3 heterocycles.